The summed E-state index contributed by atoms with van der Waals surface area (Å²) in [5.41, 5.74) is -0.546. The molecule has 0 saturated heterocycles. The minimum absolute atomic E-state index is 0.0773. The van der Waals surface area contributed by atoms with E-state index in [2.05, 4.69) is 9.97 Å². The van der Waals surface area contributed by atoms with Crippen molar-refractivity contribution in [1.82, 2.24) is 9.97 Å². The molecule has 0 unspecified atom stereocenters. The first-order valence-corrected chi connectivity index (χ1v) is 5.96. The van der Waals surface area contributed by atoms with Crippen LogP contribution in [0.15, 0.2) is 24.5 Å². The second-order valence-electron chi connectivity index (χ2n) is 3.55. The van der Waals surface area contributed by atoms with Crippen LogP contribution in [0.3, 0.4) is 0 Å². The number of alkyl halides is 3. The number of halogens is 6. The van der Waals surface area contributed by atoms with Crippen LogP contribution in [-0.4, -0.2) is 9.97 Å². The smallest absolute Gasteiger partial charge is 0.236 e. The van der Waals surface area contributed by atoms with Crippen LogP contribution in [0.1, 0.15) is 5.56 Å². The molecule has 1 heterocycles. The minimum Gasteiger partial charge on any atom is -0.236 e. The predicted octanol–water partition coefficient (Wildman–Crippen LogP) is 5.12. The lowest BCUT2D eigenvalue weighted by molar-refractivity contribution is -0.138. The molecular formula is C11H4Cl3F3N2. The van der Waals surface area contributed by atoms with Gasteiger partial charge in [-0.25, -0.2) is 9.97 Å². The third kappa shape index (κ3) is 3.11. The van der Waals surface area contributed by atoms with Crippen LogP contribution in [0.25, 0.3) is 11.4 Å². The average molecular weight is 328 g/mol. The maximum absolute atomic E-state index is 12.4. The van der Waals surface area contributed by atoms with Gasteiger partial charge >= 0.3 is 6.18 Å². The Morgan fingerprint density at radius 2 is 1.37 bits per heavy atom. The van der Waals surface area contributed by atoms with E-state index in [1.807, 2.05) is 0 Å². The molecule has 0 atom stereocenters. The first-order valence-electron chi connectivity index (χ1n) is 4.83. The van der Waals surface area contributed by atoms with E-state index >= 15 is 0 Å². The molecule has 0 N–H and O–H groups in total. The summed E-state index contributed by atoms with van der Waals surface area (Å²) in [6.07, 6.45) is -3.09. The molecule has 2 nitrogen and oxygen atoms in total. The first-order chi connectivity index (χ1) is 8.79. The van der Waals surface area contributed by atoms with E-state index in [1.54, 1.807) is 0 Å². The molecule has 0 aliphatic carbocycles. The van der Waals surface area contributed by atoms with Crippen molar-refractivity contribution in [2.45, 2.75) is 6.18 Å². The third-order valence-electron chi connectivity index (χ3n) is 2.22. The molecule has 8 heteroatoms. The van der Waals surface area contributed by atoms with Gasteiger partial charge in [0.05, 0.1) is 20.6 Å². The fraction of sp³-hybridized carbons (Fsp3) is 0.0909. The van der Waals surface area contributed by atoms with Crippen LogP contribution in [0.5, 0.6) is 0 Å². The Balaban J connectivity index is 2.43. The number of hydrogen-bond donors (Lipinski definition) is 0. The van der Waals surface area contributed by atoms with E-state index in [0.717, 1.165) is 0 Å². The summed E-state index contributed by atoms with van der Waals surface area (Å²) in [6, 6.07) is 2.86. The first kappa shape index (κ1) is 14.4. The summed E-state index contributed by atoms with van der Waals surface area (Å²) < 4.78 is 37.1. The number of benzene rings is 1. The SMILES string of the molecule is FC(F)(F)c1cnc(-c2cc(Cl)c(Cl)c(Cl)c2)nc1. The fourth-order valence-electron chi connectivity index (χ4n) is 1.31. The maximum Gasteiger partial charge on any atom is 0.419 e. The van der Waals surface area contributed by atoms with E-state index in [-0.39, 0.29) is 20.9 Å². The van der Waals surface area contributed by atoms with E-state index in [9.17, 15) is 13.2 Å². The van der Waals surface area contributed by atoms with Crippen molar-refractivity contribution in [3.63, 3.8) is 0 Å². The van der Waals surface area contributed by atoms with Crippen molar-refractivity contribution in [2.75, 3.05) is 0 Å². The van der Waals surface area contributed by atoms with Gasteiger partial charge in [-0.3, -0.25) is 0 Å². The molecule has 0 bridgehead atoms. The minimum atomic E-state index is -4.48. The Labute approximate surface area is 121 Å². The Hall–Kier alpha value is -1.04. The van der Waals surface area contributed by atoms with Gasteiger partial charge in [0, 0.05) is 18.0 Å². The van der Waals surface area contributed by atoms with Gasteiger partial charge in [-0.05, 0) is 12.1 Å². The van der Waals surface area contributed by atoms with Crippen molar-refractivity contribution in [2.24, 2.45) is 0 Å². The summed E-state index contributed by atoms with van der Waals surface area (Å²) in [5, 5.41) is 0.513. The van der Waals surface area contributed by atoms with Crippen molar-refractivity contribution in [3.8, 4) is 11.4 Å². The molecule has 0 fully saturated rings. The van der Waals surface area contributed by atoms with Crippen LogP contribution in [0, 0.1) is 0 Å². The lowest BCUT2D eigenvalue weighted by atomic mass is 10.2. The summed E-state index contributed by atoms with van der Waals surface area (Å²) in [6.45, 7) is 0. The zero-order valence-electron chi connectivity index (χ0n) is 8.97. The van der Waals surface area contributed by atoms with Crippen LogP contribution in [0.2, 0.25) is 15.1 Å². The zero-order valence-corrected chi connectivity index (χ0v) is 11.2. The molecule has 0 radical (unpaired) electrons. The largest absolute Gasteiger partial charge is 0.419 e. The fourth-order valence-corrected chi connectivity index (χ4v) is 1.90. The van der Waals surface area contributed by atoms with Crippen LogP contribution in [0.4, 0.5) is 13.2 Å². The Morgan fingerprint density at radius 1 is 0.895 bits per heavy atom. The molecule has 0 aliphatic heterocycles. The molecule has 0 spiro atoms. The Morgan fingerprint density at radius 3 is 1.79 bits per heavy atom. The molecule has 0 amide bonds. The van der Waals surface area contributed by atoms with Crippen molar-refractivity contribution in [1.29, 1.82) is 0 Å². The third-order valence-corrected chi connectivity index (χ3v) is 3.42. The van der Waals surface area contributed by atoms with Gasteiger partial charge in [-0.2, -0.15) is 13.2 Å². The van der Waals surface area contributed by atoms with Crippen LogP contribution >= 0.6 is 34.8 Å². The van der Waals surface area contributed by atoms with Crippen LogP contribution < -0.4 is 0 Å². The monoisotopic (exact) mass is 326 g/mol. The number of nitrogens with zero attached hydrogens (tertiary/aromatic N) is 2. The van der Waals surface area contributed by atoms with E-state index in [1.165, 1.54) is 12.1 Å². The molecule has 2 rings (SSSR count). The highest BCUT2D eigenvalue weighted by atomic mass is 35.5. The van der Waals surface area contributed by atoms with Crippen molar-refractivity contribution in [3.05, 3.63) is 45.2 Å². The summed E-state index contributed by atoms with van der Waals surface area (Å²) in [4.78, 5) is 7.27. The highest BCUT2D eigenvalue weighted by Gasteiger charge is 2.31. The summed E-state index contributed by atoms with van der Waals surface area (Å²) in [7, 11) is 0. The Kier molecular flexibility index (Phi) is 3.90. The molecule has 100 valence electrons. The van der Waals surface area contributed by atoms with Crippen molar-refractivity contribution < 1.29 is 13.2 Å². The van der Waals surface area contributed by atoms with Gasteiger partial charge in [0.2, 0.25) is 0 Å². The van der Waals surface area contributed by atoms with Gasteiger partial charge in [0.15, 0.2) is 5.82 Å². The number of aromatic nitrogens is 2. The van der Waals surface area contributed by atoms with E-state index in [0.29, 0.717) is 18.0 Å². The topological polar surface area (TPSA) is 25.8 Å². The van der Waals surface area contributed by atoms with E-state index in [4.69, 9.17) is 34.8 Å². The van der Waals surface area contributed by atoms with Crippen LogP contribution in [-0.2, 0) is 6.18 Å². The number of hydrogen-bond acceptors (Lipinski definition) is 2. The summed E-state index contributed by atoms with van der Waals surface area (Å²) >= 11 is 17.4. The molecule has 0 saturated carbocycles. The normalized spacial score (nSPS) is 11.7. The lowest BCUT2D eigenvalue weighted by Gasteiger charge is -2.07. The second-order valence-corrected chi connectivity index (χ2v) is 4.74. The molecule has 2 aromatic rings. The van der Waals surface area contributed by atoms with Crippen molar-refractivity contribution >= 4 is 34.8 Å². The summed E-state index contributed by atoms with van der Waals surface area (Å²) in [5.74, 6) is 0.0773. The molecule has 19 heavy (non-hydrogen) atoms. The quantitative estimate of drug-likeness (QED) is 0.679. The highest BCUT2D eigenvalue weighted by molar-refractivity contribution is 6.48. The van der Waals surface area contributed by atoms with Gasteiger partial charge in [0.25, 0.3) is 0 Å². The average Bonchev–Trinajstić information content (AvgIpc) is 2.34. The second kappa shape index (κ2) is 5.15. The Bertz CT molecular complexity index is 589. The molecular weight excluding hydrogens is 323 g/mol. The van der Waals surface area contributed by atoms with Gasteiger partial charge in [0.1, 0.15) is 0 Å². The maximum atomic E-state index is 12.4. The molecule has 0 aliphatic rings. The molecule has 1 aromatic carbocycles. The zero-order chi connectivity index (χ0) is 14.2. The lowest BCUT2D eigenvalue weighted by Crippen LogP contribution is -2.06. The van der Waals surface area contributed by atoms with E-state index < -0.39 is 11.7 Å². The van der Waals surface area contributed by atoms with Gasteiger partial charge in [-0.1, -0.05) is 34.8 Å². The van der Waals surface area contributed by atoms with Gasteiger partial charge in [-0.15, -0.1) is 0 Å². The predicted molar refractivity (Wildman–Crippen MR) is 67.5 cm³/mol. The number of rotatable bonds is 1. The molecule has 1 aromatic heterocycles. The standard InChI is InChI=1S/C11H4Cl3F3N2/c12-7-1-5(2-8(13)9(7)14)10-18-3-6(4-19-10)11(15,16)17/h1-4H. The van der Waals surface area contributed by atoms with Gasteiger partial charge < -0.3 is 0 Å². The highest BCUT2D eigenvalue weighted by Crippen LogP contribution is 2.34.